The van der Waals surface area contributed by atoms with Crippen molar-refractivity contribution in [1.82, 2.24) is 16.0 Å². The third-order valence-corrected chi connectivity index (χ3v) is 5.69. The number of carbonyl (C=O) groups excluding carboxylic acids is 3. The molecule has 3 amide bonds. The standard InChI is InChI=1S/C20H39N7O5S2/c1-11(2)9-14(19(31)32)26-17(29)13(5-4-7-24-20(22)23)25-18(30)15(10-33)27-16(28)12(21)6-8-34-3/h11-15,33H,4-10,21H2,1-3H3,(H,25,30)(H,26,29)(H,27,28)(H,31,32)(H4,22,23,24). The third-order valence-electron chi connectivity index (χ3n) is 4.69. The monoisotopic (exact) mass is 521 g/mol. The number of carboxylic acid groups (broad SMARTS) is 1. The van der Waals surface area contributed by atoms with Crippen LogP contribution in [0.5, 0.6) is 0 Å². The van der Waals surface area contributed by atoms with Gasteiger partial charge in [-0.15, -0.1) is 0 Å². The van der Waals surface area contributed by atoms with Crippen molar-refractivity contribution in [1.29, 1.82) is 0 Å². The first-order valence-corrected chi connectivity index (χ1v) is 13.0. The van der Waals surface area contributed by atoms with Crippen LogP contribution in [0.2, 0.25) is 0 Å². The summed E-state index contributed by atoms with van der Waals surface area (Å²) in [5, 5.41) is 17.0. The summed E-state index contributed by atoms with van der Waals surface area (Å²) in [4.78, 5) is 53.4. The van der Waals surface area contributed by atoms with Gasteiger partial charge in [-0.2, -0.15) is 24.4 Å². The molecule has 0 rings (SSSR count). The van der Waals surface area contributed by atoms with Crippen molar-refractivity contribution in [3.8, 4) is 0 Å². The van der Waals surface area contributed by atoms with Gasteiger partial charge in [0.25, 0.3) is 0 Å². The van der Waals surface area contributed by atoms with E-state index in [1.54, 1.807) is 11.8 Å². The molecule has 0 heterocycles. The van der Waals surface area contributed by atoms with Gasteiger partial charge < -0.3 is 38.3 Å². The number of carbonyl (C=O) groups is 4. The van der Waals surface area contributed by atoms with Crippen LogP contribution in [0.1, 0.15) is 39.5 Å². The summed E-state index contributed by atoms with van der Waals surface area (Å²) < 4.78 is 0. The Kier molecular flexibility index (Phi) is 16.2. The van der Waals surface area contributed by atoms with Crippen LogP contribution in [0.3, 0.4) is 0 Å². The minimum Gasteiger partial charge on any atom is -0.480 e. The van der Waals surface area contributed by atoms with Crippen LogP contribution in [0, 0.1) is 5.92 Å². The van der Waals surface area contributed by atoms with E-state index in [4.69, 9.17) is 17.2 Å². The molecule has 14 heteroatoms. The molecule has 10 N–H and O–H groups in total. The molecule has 0 spiro atoms. The van der Waals surface area contributed by atoms with E-state index in [2.05, 4.69) is 33.6 Å². The molecule has 0 radical (unpaired) electrons. The van der Waals surface area contributed by atoms with Gasteiger partial charge in [-0.25, -0.2) is 4.79 Å². The third kappa shape index (κ3) is 13.5. The van der Waals surface area contributed by atoms with Crippen LogP contribution in [-0.2, 0) is 19.2 Å². The molecule has 34 heavy (non-hydrogen) atoms. The molecule has 4 atom stereocenters. The van der Waals surface area contributed by atoms with Gasteiger partial charge >= 0.3 is 5.97 Å². The topological polar surface area (TPSA) is 215 Å². The fourth-order valence-electron chi connectivity index (χ4n) is 2.86. The lowest BCUT2D eigenvalue weighted by Gasteiger charge is -2.25. The Morgan fingerprint density at radius 1 is 0.971 bits per heavy atom. The molecule has 0 aromatic carbocycles. The SMILES string of the molecule is CSCCC(N)C(=O)NC(CS)C(=O)NC(CCCN=C(N)N)C(=O)NC(CC(C)C)C(=O)O. The van der Waals surface area contributed by atoms with Gasteiger partial charge in [-0.1, -0.05) is 13.8 Å². The molecule has 4 unspecified atom stereocenters. The first kappa shape index (κ1) is 31.8. The molecule has 0 aromatic rings. The number of nitrogens with zero attached hydrogens (tertiary/aromatic N) is 1. The first-order valence-electron chi connectivity index (χ1n) is 11.0. The second-order valence-electron chi connectivity index (χ2n) is 8.17. The normalized spacial score (nSPS) is 14.4. The Bertz CT molecular complexity index is 705. The summed E-state index contributed by atoms with van der Waals surface area (Å²) in [5.41, 5.74) is 16.5. The lowest BCUT2D eigenvalue weighted by atomic mass is 10.0. The largest absolute Gasteiger partial charge is 0.480 e. The minimum atomic E-state index is -1.17. The number of nitrogens with two attached hydrogens (primary N) is 3. The van der Waals surface area contributed by atoms with Crippen LogP contribution >= 0.6 is 24.4 Å². The summed E-state index contributed by atoms with van der Waals surface area (Å²) in [5.74, 6) is -2.40. The smallest absolute Gasteiger partial charge is 0.326 e. The van der Waals surface area contributed by atoms with E-state index in [0.717, 1.165) is 0 Å². The molecular weight excluding hydrogens is 482 g/mol. The highest BCUT2D eigenvalue weighted by Gasteiger charge is 2.29. The number of thiol groups is 1. The molecule has 0 saturated carbocycles. The number of hydrogen-bond acceptors (Lipinski definition) is 8. The first-order chi connectivity index (χ1) is 15.9. The van der Waals surface area contributed by atoms with Crippen molar-refractivity contribution in [2.75, 3.05) is 24.3 Å². The zero-order valence-electron chi connectivity index (χ0n) is 20.0. The van der Waals surface area contributed by atoms with Gasteiger partial charge in [-0.05, 0) is 43.6 Å². The number of guanidine groups is 1. The quantitative estimate of drug-likeness (QED) is 0.0490. The maximum atomic E-state index is 12.9. The molecular formula is C20H39N7O5S2. The number of rotatable bonds is 17. The summed E-state index contributed by atoms with van der Waals surface area (Å²) in [6.07, 6.45) is 3.04. The molecule has 0 aliphatic heterocycles. The van der Waals surface area contributed by atoms with Crippen molar-refractivity contribution in [3.63, 3.8) is 0 Å². The van der Waals surface area contributed by atoms with Crippen molar-refractivity contribution in [3.05, 3.63) is 0 Å². The molecule has 0 aromatic heterocycles. The molecule has 12 nitrogen and oxygen atoms in total. The number of hydrogen-bond donors (Lipinski definition) is 8. The van der Waals surface area contributed by atoms with Crippen LogP contribution in [0.25, 0.3) is 0 Å². The Morgan fingerprint density at radius 2 is 1.53 bits per heavy atom. The molecule has 0 saturated heterocycles. The van der Waals surface area contributed by atoms with E-state index in [9.17, 15) is 24.3 Å². The number of nitrogens with one attached hydrogen (secondary N) is 3. The number of thioether (sulfide) groups is 1. The number of aliphatic carboxylic acids is 1. The predicted molar refractivity (Wildman–Crippen MR) is 138 cm³/mol. The maximum absolute atomic E-state index is 12.9. The number of amides is 3. The minimum absolute atomic E-state index is 0.0235. The van der Waals surface area contributed by atoms with Gasteiger partial charge in [0, 0.05) is 12.3 Å². The number of carboxylic acids is 1. The van der Waals surface area contributed by atoms with Gasteiger partial charge in [0.2, 0.25) is 17.7 Å². The van der Waals surface area contributed by atoms with E-state index in [1.165, 1.54) is 0 Å². The molecule has 0 fully saturated rings. The fraction of sp³-hybridized carbons (Fsp3) is 0.750. The maximum Gasteiger partial charge on any atom is 0.326 e. The van der Waals surface area contributed by atoms with Crippen molar-refractivity contribution < 1.29 is 24.3 Å². The lowest BCUT2D eigenvalue weighted by Crippen LogP contribution is -2.57. The lowest BCUT2D eigenvalue weighted by molar-refractivity contribution is -0.142. The molecule has 0 aliphatic rings. The van der Waals surface area contributed by atoms with Crippen molar-refractivity contribution in [2.45, 2.75) is 63.7 Å². The second-order valence-corrected chi connectivity index (χ2v) is 9.52. The van der Waals surface area contributed by atoms with Gasteiger partial charge in [0.05, 0.1) is 6.04 Å². The summed E-state index contributed by atoms with van der Waals surface area (Å²) in [7, 11) is 0. The predicted octanol–water partition coefficient (Wildman–Crippen LogP) is -1.36. The Balaban J connectivity index is 5.36. The van der Waals surface area contributed by atoms with E-state index in [1.807, 2.05) is 20.1 Å². The Labute approximate surface area is 210 Å². The number of aliphatic imine (C=N–C) groups is 1. The average Bonchev–Trinajstić information content (AvgIpc) is 2.76. The highest BCUT2D eigenvalue weighted by Crippen LogP contribution is 2.07. The van der Waals surface area contributed by atoms with Crippen LogP contribution in [0.15, 0.2) is 4.99 Å². The van der Waals surface area contributed by atoms with Crippen molar-refractivity contribution in [2.24, 2.45) is 28.1 Å². The molecule has 0 bridgehead atoms. The van der Waals surface area contributed by atoms with Crippen LogP contribution in [-0.4, -0.2) is 83.2 Å². The summed E-state index contributed by atoms with van der Waals surface area (Å²) in [6, 6.07) is -4.00. The fourth-order valence-corrected chi connectivity index (χ4v) is 3.61. The van der Waals surface area contributed by atoms with Gasteiger partial charge in [0.1, 0.15) is 18.1 Å². The highest BCUT2D eigenvalue weighted by molar-refractivity contribution is 7.98. The summed E-state index contributed by atoms with van der Waals surface area (Å²) >= 11 is 5.67. The van der Waals surface area contributed by atoms with Crippen molar-refractivity contribution >= 4 is 54.0 Å². The zero-order valence-corrected chi connectivity index (χ0v) is 21.7. The Hall–Kier alpha value is -2.19. The summed E-state index contributed by atoms with van der Waals surface area (Å²) in [6.45, 7) is 3.88. The zero-order chi connectivity index (χ0) is 26.3. The van der Waals surface area contributed by atoms with E-state index in [-0.39, 0.29) is 37.0 Å². The second kappa shape index (κ2) is 17.3. The molecule has 196 valence electrons. The highest BCUT2D eigenvalue weighted by atomic mass is 32.2. The van der Waals surface area contributed by atoms with Crippen LogP contribution in [0.4, 0.5) is 0 Å². The molecule has 0 aliphatic carbocycles. The van der Waals surface area contributed by atoms with E-state index < -0.39 is 47.9 Å². The van der Waals surface area contributed by atoms with Crippen LogP contribution < -0.4 is 33.2 Å². The van der Waals surface area contributed by atoms with E-state index in [0.29, 0.717) is 18.6 Å². The van der Waals surface area contributed by atoms with E-state index >= 15 is 0 Å². The Morgan fingerprint density at radius 3 is 2.03 bits per heavy atom. The van der Waals surface area contributed by atoms with Gasteiger partial charge in [0.15, 0.2) is 5.96 Å². The van der Waals surface area contributed by atoms with Gasteiger partial charge in [-0.3, -0.25) is 19.4 Å². The average molecular weight is 522 g/mol.